The lowest BCUT2D eigenvalue weighted by atomic mass is 10.1. The summed E-state index contributed by atoms with van der Waals surface area (Å²) in [5.74, 6) is -0.174. The van der Waals surface area contributed by atoms with Crippen LogP contribution >= 0.6 is 0 Å². The first kappa shape index (κ1) is 19.5. The van der Waals surface area contributed by atoms with Gasteiger partial charge in [0.1, 0.15) is 12.4 Å². The maximum Gasteiger partial charge on any atom is 0.338 e. The molecule has 0 aromatic heterocycles. The zero-order chi connectivity index (χ0) is 18.8. The summed E-state index contributed by atoms with van der Waals surface area (Å²) in [7, 11) is 0. The fourth-order valence-electron chi connectivity index (χ4n) is 2.24. The van der Waals surface area contributed by atoms with Crippen molar-refractivity contribution in [2.75, 3.05) is 31.7 Å². The van der Waals surface area contributed by atoms with E-state index < -0.39 is 5.97 Å². The maximum atomic E-state index is 12.4. The average molecular weight is 357 g/mol. The molecule has 0 saturated heterocycles. The third kappa shape index (κ3) is 5.60. The lowest BCUT2D eigenvalue weighted by molar-refractivity contribution is 0.0335. The van der Waals surface area contributed by atoms with E-state index in [1.165, 1.54) is 0 Å². The van der Waals surface area contributed by atoms with Crippen LogP contribution in [0, 0.1) is 0 Å². The van der Waals surface area contributed by atoms with Gasteiger partial charge in [-0.1, -0.05) is 12.1 Å². The Morgan fingerprint density at radius 3 is 2.35 bits per heavy atom. The SMILES string of the molecule is CCOCCOC(=O)c1ccc(NC(=O)c2ccccc2OCC)cc1. The molecule has 0 unspecified atom stereocenters. The van der Waals surface area contributed by atoms with Gasteiger partial charge in [0.05, 0.1) is 24.3 Å². The summed E-state index contributed by atoms with van der Waals surface area (Å²) in [5, 5.41) is 2.79. The Kier molecular flexibility index (Phi) is 7.64. The highest BCUT2D eigenvalue weighted by Gasteiger charge is 2.13. The molecule has 6 nitrogen and oxygen atoms in total. The van der Waals surface area contributed by atoms with Gasteiger partial charge in [-0.2, -0.15) is 0 Å². The van der Waals surface area contributed by atoms with E-state index in [-0.39, 0.29) is 12.5 Å². The standard InChI is InChI=1S/C20H23NO5/c1-3-24-13-14-26-20(23)15-9-11-16(12-10-15)21-19(22)17-7-5-6-8-18(17)25-4-2/h5-12H,3-4,13-14H2,1-2H3,(H,21,22). The summed E-state index contributed by atoms with van der Waals surface area (Å²) in [6.45, 7) is 5.38. The van der Waals surface area contributed by atoms with Crippen LogP contribution in [0.4, 0.5) is 5.69 Å². The first-order valence-electron chi connectivity index (χ1n) is 8.53. The van der Waals surface area contributed by atoms with Gasteiger partial charge in [-0.05, 0) is 50.2 Å². The number of hydrogen-bond acceptors (Lipinski definition) is 5. The second kappa shape index (κ2) is 10.2. The lowest BCUT2D eigenvalue weighted by Gasteiger charge is -2.11. The van der Waals surface area contributed by atoms with Crippen molar-refractivity contribution in [1.82, 2.24) is 0 Å². The zero-order valence-electron chi connectivity index (χ0n) is 15.0. The number of esters is 1. The molecule has 0 radical (unpaired) electrons. The number of carbonyl (C=O) groups excluding carboxylic acids is 2. The number of ether oxygens (including phenoxy) is 3. The summed E-state index contributed by atoms with van der Waals surface area (Å²) in [5.41, 5.74) is 1.44. The van der Waals surface area contributed by atoms with Gasteiger partial charge in [-0.15, -0.1) is 0 Å². The van der Waals surface area contributed by atoms with Gasteiger partial charge in [0, 0.05) is 12.3 Å². The largest absolute Gasteiger partial charge is 0.493 e. The molecular formula is C20H23NO5. The van der Waals surface area contributed by atoms with E-state index >= 15 is 0 Å². The molecule has 2 aromatic carbocycles. The van der Waals surface area contributed by atoms with Gasteiger partial charge in [-0.25, -0.2) is 4.79 Å². The highest BCUT2D eigenvalue weighted by atomic mass is 16.6. The minimum absolute atomic E-state index is 0.208. The Bertz CT molecular complexity index is 727. The molecule has 0 spiro atoms. The van der Waals surface area contributed by atoms with Crippen LogP contribution in [0.15, 0.2) is 48.5 Å². The van der Waals surface area contributed by atoms with E-state index in [2.05, 4.69) is 5.32 Å². The molecule has 2 aromatic rings. The first-order valence-corrected chi connectivity index (χ1v) is 8.53. The normalized spacial score (nSPS) is 10.2. The predicted octanol–water partition coefficient (Wildman–Crippen LogP) is 3.53. The van der Waals surface area contributed by atoms with E-state index in [9.17, 15) is 9.59 Å². The Morgan fingerprint density at radius 2 is 1.65 bits per heavy atom. The van der Waals surface area contributed by atoms with Crippen molar-refractivity contribution >= 4 is 17.6 Å². The highest BCUT2D eigenvalue weighted by molar-refractivity contribution is 6.06. The molecule has 0 saturated carbocycles. The molecule has 0 aliphatic rings. The average Bonchev–Trinajstić information content (AvgIpc) is 2.66. The summed E-state index contributed by atoms with van der Waals surface area (Å²) in [6.07, 6.45) is 0. The third-order valence-electron chi connectivity index (χ3n) is 3.47. The van der Waals surface area contributed by atoms with Crippen molar-refractivity contribution in [2.45, 2.75) is 13.8 Å². The predicted molar refractivity (Wildman–Crippen MR) is 98.8 cm³/mol. The Morgan fingerprint density at radius 1 is 0.923 bits per heavy atom. The van der Waals surface area contributed by atoms with Crippen LogP contribution in [-0.4, -0.2) is 38.3 Å². The molecule has 0 aliphatic carbocycles. The summed E-state index contributed by atoms with van der Waals surface area (Å²) < 4.78 is 15.7. The lowest BCUT2D eigenvalue weighted by Crippen LogP contribution is -2.14. The van der Waals surface area contributed by atoms with Gasteiger partial charge in [0.15, 0.2) is 0 Å². The summed E-state index contributed by atoms with van der Waals surface area (Å²) in [6, 6.07) is 13.6. The summed E-state index contributed by atoms with van der Waals surface area (Å²) >= 11 is 0. The van der Waals surface area contributed by atoms with Crippen LogP contribution in [0.3, 0.4) is 0 Å². The molecule has 138 valence electrons. The van der Waals surface area contributed by atoms with Crippen LogP contribution < -0.4 is 10.1 Å². The van der Waals surface area contributed by atoms with E-state index in [0.29, 0.717) is 42.4 Å². The van der Waals surface area contributed by atoms with Crippen LogP contribution in [-0.2, 0) is 9.47 Å². The van der Waals surface area contributed by atoms with Gasteiger partial charge in [0.2, 0.25) is 0 Å². The fourth-order valence-corrected chi connectivity index (χ4v) is 2.24. The van der Waals surface area contributed by atoms with Crippen molar-refractivity contribution in [1.29, 1.82) is 0 Å². The molecule has 1 amide bonds. The molecule has 0 heterocycles. The molecule has 26 heavy (non-hydrogen) atoms. The van der Waals surface area contributed by atoms with E-state index in [4.69, 9.17) is 14.2 Å². The quantitative estimate of drug-likeness (QED) is 0.549. The molecule has 0 aliphatic heterocycles. The maximum absolute atomic E-state index is 12.4. The third-order valence-corrected chi connectivity index (χ3v) is 3.47. The van der Waals surface area contributed by atoms with Crippen molar-refractivity contribution in [3.63, 3.8) is 0 Å². The second-order valence-corrected chi connectivity index (χ2v) is 5.29. The molecule has 2 rings (SSSR count). The Labute approximate surface area is 153 Å². The van der Waals surface area contributed by atoms with Crippen molar-refractivity contribution in [3.05, 3.63) is 59.7 Å². The van der Waals surface area contributed by atoms with Crippen LogP contribution in [0.1, 0.15) is 34.6 Å². The minimum Gasteiger partial charge on any atom is -0.493 e. The highest BCUT2D eigenvalue weighted by Crippen LogP contribution is 2.20. The fraction of sp³-hybridized carbons (Fsp3) is 0.300. The van der Waals surface area contributed by atoms with Crippen molar-refractivity contribution in [2.24, 2.45) is 0 Å². The molecule has 0 fully saturated rings. The smallest absolute Gasteiger partial charge is 0.338 e. The van der Waals surface area contributed by atoms with Crippen molar-refractivity contribution < 1.29 is 23.8 Å². The van der Waals surface area contributed by atoms with Crippen LogP contribution in [0.2, 0.25) is 0 Å². The molecular weight excluding hydrogens is 334 g/mol. The Hall–Kier alpha value is -2.86. The molecule has 6 heteroatoms. The second-order valence-electron chi connectivity index (χ2n) is 5.29. The topological polar surface area (TPSA) is 73.9 Å². The van der Waals surface area contributed by atoms with E-state index in [0.717, 1.165) is 0 Å². The van der Waals surface area contributed by atoms with E-state index in [1.807, 2.05) is 19.9 Å². The van der Waals surface area contributed by atoms with Gasteiger partial charge in [0.25, 0.3) is 5.91 Å². The minimum atomic E-state index is -0.427. The van der Waals surface area contributed by atoms with Gasteiger partial charge < -0.3 is 19.5 Å². The Balaban J connectivity index is 1.96. The molecule has 0 bridgehead atoms. The molecule has 0 atom stereocenters. The van der Waals surface area contributed by atoms with E-state index in [1.54, 1.807) is 42.5 Å². The first-order chi connectivity index (χ1) is 12.7. The summed E-state index contributed by atoms with van der Waals surface area (Å²) in [4.78, 5) is 24.3. The van der Waals surface area contributed by atoms with Crippen molar-refractivity contribution in [3.8, 4) is 5.75 Å². The zero-order valence-corrected chi connectivity index (χ0v) is 15.0. The number of carbonyl (C=O) groups is 2. The monoisotopic (exact) mass is 357 g/mol. The van der Waals surface area contributed by atoms with Gasteiger partial charge >= 0.3 is 5.97 Å². The number of hydrogen-bond donors (Lipinski definition) is 1. The number of para-hydroxylation sites is 1. The van der Waals surface area contributed by atoms with Crippen LogP contribution in [0.5, 0.6) is 5.75 Å². The molecule has 1 N–H and O–H groups in total. The van der Waals surface area contributed by atoms with Gasteiger partial charge in [-0.3, -0.25) is 4.79 Å². The number of anilines is 1. The number of amides is 1. The number of rotatable bonds is 9. The number of benzene rings is 2. The number of nitrogens with one attached hydrogen (secondary N) is 1. The van der Waals surface area contributed by atoms with Crippen LogP contribution in [0.25, 0.3) is 0 Å².